The van der Waals surface area contributed by atoms with Gasteiger partial charge in [-0.05, 0) is 0 Å². The van der Waals surface area contributed by atoms with Gasteiger partial charge in [-0.3, -0.25) is 9.59 Å². The van der Waals surface area contributed by atoms with Gasteiger partial charge in [0.1, 0.15) is 4.32 Å². The van der Waals surface area contributed by atoms with Crippen LogP contribution in [0, 0.1) is 17.8 Å². The van der Waals surface area contributed by atoms with Crippen LogP contribution in [0.25, 0.3) is 0 Å². The lowest BCUT2D eigenvalue weighted by molar-refractivity contribution is -0.226. The predicted octanol–water partition coefficient (Wildman–Crippen LogP) is 2.33. The summed E-state index contributed by atoms with van der Waals surface area (Å²) in [5, 5.41) is 0. The highest BCUT2D eigenvalue weighted by Gasteiger charge is 2.80. The Labute approximate surface area is 153 Å². The third-order valence-electron chi connectivity index (χ3n) is 4.40. The van der Waals surface area contributed by atoms with Gasteiger partial charge in [-0.1, -0.05) is 47.8 Å². The topological polar surface area (TPSA) is 71.1 Å². The van der Waals surface area contributed by atoms with Crippen molar-refractivity contribution in [3.8, 4) is 0 Å². The summed E-state index contributed by atoms with van der Waals surface area (Å²) in [7, 11) is 5.48. The molecule has 0 aromatic carbocycles. The molecule has 1 saturated carbocycles. The second kappa shape index (κ2) is 6.16. The molecule has 0 saturated heterocycles. The molecule has 0 aromatic rings. The maximum atomic E-state index is 12.4. The van der Waals surface area contributed by atoms with Gasteiger partial charge >= 0.3 is 11.9 Å². The molecule has 2 rings (SSSR count). The second-order valence-corrected chi connectivity index (χ2v) is 7.88. The number of fused-ring (bicyclic) bond motifs is 2. The van der Waals surface area contributed by atoms with Crippen molar-refractivity contribution in [3.05, 3.63) is 8.96 Å². The Balaban J connectivity index is 2.74. The third-order valence-corrected chi connectivity index (χ3v) is 8.85. The molecule has 0 spiro atoms. The number of ether oxygens (including phenoxy) is 4. The number of methoxy groups -OCH3 is 4. The zero-order chi connectivity index (χ0) is 16.9. The van der Waals surface area contributed by atoms with Crippen LogP contribution in [0.15, 0.2) is 8.96 Å². The van der Waals surface area contributed by atoms with Crippen LogP contribution in [0.4, 0.5) is 0 Å². The molecule has 0 unspecified atom stereocenters. The van der Waals surface area contributed by atoms with Crippen molar-refractivity contribution in [2.24, 2.45) is 17.8 Å². The van der Waals surface area contributed by atoms with Crippen molar-refractivity contribution >= 4 is 59.7 Å². The Hall–Kier alpha value is 0.0400. The normalized spacial score (nSPS) is 35.7. The molecule has 0 aromatic heterocycles. The molecule has 1 fully saturated rings. The number of hydrogen-bond acceptors (Lipinski definition) is 6. The highest BCUT2D eigenvalue weighted by Crippen LogP contribution is 2.71. The van der Waals surface area contributed by atoms with Gasteiger partial charge in [0.05, 0.1) is 32.0 Å². The van der Waals surface area contributed by atoms with Crippen LogP contribution >= 0.6 is 47.8 Å². The Bertz CT molecular complexity index is 544. The standard InChI is InChI=1S/C13H15Br3O6/c1-19-10(17)5-6-8(14)9(15)12(16,7(5)11(18)20-2)13(6,21-3)22-4/h5-7H,1-4H3/t5-,6-,7+,12-/m1/s1. The van der Waals surface area contributed by atoms with Crippen LogP contribution in [0.2, 0.25) is 0 Å². The molecule has 0 N–H and O–H groups in total. The number of hydrogen-bond donors (Lipinski definition) is 0. The van der Waals surface area contributed by atoms with Gasteiger partial charge in [-0.2, -0.15) is 0 Å². The lowest BCUT2D eigenvalue weighted by Crippen LogP contribution is -2.53. The first kappa shape index (κ1) is 18.4. The summed E-state index contributed by atoms with van der Waals surface area (Å²) in [6, 6.07) is 0. The summed E-state index contributed by atoms with van der Waals surface area (Å²) in [4.78, 5) is 24.7. The van der Waals surface area contributed by atoms with Crippen molar-refractivity contribution in [1.82, 2.24) is 0 Å². The fraction of sp³-hybridized carbons (Fsp3) is 0.692. The Morgan fingerprint density at radius 1 is 1.00 bits per heavy atom. The molecule has 2 aliphatic carbocycles. The van der Waals surface area contributed by atoms with E-state index in [2.05, 4.69) is 47.8 Å². The summed E-state index contributed by atoms with van der Waals surface area (Å²) < 4.78 is 21.3. The van der Waals surface area contributed by atoms with E-state index in [0.29, 0.717) is 8.96 Å². The minimum Gasteiger partial charge on any atom is -0.469 e. The van der Waals surface area contributed by atoms with Gasteiger partial charge < -0.3 is 18.9 Å². The first-order valence-corrected chi connectivity index (χ1v) is 8.66. The smallest absolute Gasteiger partial charge is 0.311 e. The quantitative estimate of drug-likeness (QED) is 0.331. The largest absolute Gasteiger partial charge is 0.469 e. The predicted molar refractivity (Wildman–Crippen MR) is 87.8 cm³/mol. The van der Waals surface area contributed by atoms with Crippen LogP contribution in [0.3, 0.4) is 0 Å². The number of esters is 2. The maximum absolute atomic E-state index is 12.4. The van der Waals surface area contributed by atoms with E-state index in [0.717, 1.165) is 0 Å². The summed E-state index contributed by atoms with van der Waals surface area (Å²) in [5.41, 5.74) is 0. The number of carbonyl (C=O) groups is 2. The highest BCUT2D eigenvalue weighted by molar-refractivity contribution is 9.15. The molecule has 9 heteroatoms. The molecular weight excluding hydrogens is 492 g/mol. The minimum atomic E-state index is -1.26. The highest BCUT2D eigenvalue weighted by atomic mass is 79.9. The minimum absolute atomic E-state index is 0.530. The van der Waals surface area contributed by atoms with Gasteiger partial charge in [0.15, 0.2) is 5.79 Å². The number of halogens is 3. The molecule has 22 heavy (non-hydrogen) atoms. The number of rotatable bonds is 4. The van der Waals surface area contributed by atoms with Crippen molar-refractivity contribution in [3.63, 3.8) is 0 Å². The SMILES string of the molecule is COC(=O)[C@H]1[C@@H](C(=O)OC)[C@@]2(Br)C(Br)=C(Br)[C@@H]1C2(OC)OC. The third kappa shape index (κ3) is 1.95. The first-order valence-electron chi connectivity index (χ1n) is 6.28. The first-order chi connectivity index (χ1) is 10.3. The van der Waals surface area contributed by atoms with Gasteiger partial charge in [-0.15, -0.1) is 0 Å². The Kier molecular flexibility index (Phi) is 5.15. The average molecular weight is 507 g/mol. The summed E-state index contributed by atoms with van der Waals surface area (Å²) >= 11 is 10.5. The Morgan fingerprint density at radius 2 is 1.50 bits per heavy atom. The fourth-order valence-electron chi connectivity index (χ4n) is 3.52. The van der Waals surface area contributed by atoms with Gasteiger partial charge in [0.2, 0.25) is 0 Å². The summed E-state index contributed by atoms with van der Waals surface area (Å²) in [6.45, 7) is 0. The molecule has 2 aliphatic rings. The van der Waals surface area contributed by atoms with Gasteiger partial charge in [-0.25, -0.2) is 0 Å². The van der Waals surface area contributed by atoms with E-state index >= 15 is 0 Å². The number of carbonyl (C=O) groups excluding carboxylic acids is 2. The maximum Gasteiger partial charge on any atom is 0.311 e. The van der Waals surface area contributed by atoms with E-state index in [-0.39, 0.29) is 0 Å². The van der Waals surface area contributed by atoms with Crippen LogP contribution < -0.4 is 0 Å². The molecule has 0 radical (unpaired) electrons. The van der Waals surface area contributed by atoms with E-state index < -0.39 is 39.8 Å². The lowest BCUT2D eigenvalue weighted by atomic mass is 9.83. The van der Waals surface area contributed by atoms with E-state index in [1.807, 2.05) is 0 Å². The van der Waals surface area contributed by atoms with Gasteiger partial charge in [0.25, 0.3) is 0 Å². The van der Waals surface area contributed by atoms with Crippen LogP contribution in [0.1, 0.15) is 0 Å². The molecule has 0 heterocycles. The summed E-state index contributed by atoms with van der Waals surface area (Å²) in [5.74, 6) is -4.59. The molecule has 124 valence electrons. The zero-order valence-corrected chi connectivity index (χ0v) is 17.1. The Morgan fingerprint density at radius 3 is 1.91 bits per heavy atom. The van der Waals surface area contributed by atoms with Gasteiger partial charge in [0, 0.05) is 23.2 Å². The van der Waals surface area contributed by atoms with Crippen molar-refractivity contribution < 1.29 is 28.5 Å². The van der Waals surface area contributed by atoms with Crippen molar-refractivity contribution in [2.75, 3.05) is 28.4 Å². The van der Waals surface area contributed by atoms with Crippen LogP contribution in [-0.4, -0.2) is 50.5 Å². The van der Waals surface area contributed by atoms with Crippen molar-refractivity contribution in [1.29, 1.82) is 0 Å². The zero-order valence-electron chi connectivity index (χ0n) is 12.3. The van der Waals surface area contributed by atoms with E-state index in [1.54, 1.807) is 0 Å². The lowest BCUT2D eigenvalue weighted by Gasteiger charge is -2.39. The van der Waals surface area contributed by atoms with E-state index in [9.17, 15) is 9.59 Å². The molecule has 0 amide bonds. The monoisotopic (exact) mass is 504 g/mol. The molecular formula is C13H15Br3O6. The molecule has 2 bridgehead atoms. The van der Waals surface area contributed by atoms with Crippen LogP contribution in [0.5, 0.6) is 0 Å². The second-order valence-electron chi connectivity index (χ2n) is 4.98. The number of alkyl halides is 1. The van der Waals surface area contributed by atoms with E-state index in [4.69, 9.17) is 18.9 Å². The van der Waals surface area contributed by atoms with Crippen molar-refractivity contribution in [2.45, 2.75) is 10.1 Å². The summed E-state index contributed by atoms with van der Waals surface area (Å²) in [6.07, 6.45) is 0. The molecule has 4 atom stereocenters. The van der Waals surface area contributed by atoms with E-state index in [1.165, 1.54) is 28.4 Å². The molecule has 0 aliphatic heterocycles. The molecule has 6 nitrogen and oxygen atoms in total. The van der Waals surface area contributed by atoms with Crippen LogP contribution in [-0.2, 0) is 28.5 Å². The average Bonchev–Trinajstić information content (AvgIpc) is 2.86. The fourth-order valence-corrected chi connectivity index (χ4v) is 6.71.